The Balaban J connectivity index is 1.84. The lowest BCUT2D eigenvalue weighted by molar-refractivity contribution is 0.0322. The topological polar surface area (TPSA) is 35.5 Å². The molecule has 5 heteroatoms. The second kappa shape index (κ2) is 22.7. The van der Waals surface area contributed by atoms with Crippen LogP contribution in [-0.2, 0) is 22.3 Å². The normalized spacial score (nSPS) is 12.7. The van der Waals surface area contributed by atoms with E-state index in [4.69, 9.17) is 9.47 Å². The summed E-state index contributed by atoms with van der Waals surface area (Å²) < 4.78 is 13.9. The molecule has 0 bridgehead atoms. The molecule has 2 unspecified atom stereocenters. The van der Waals surface area contributed by atoms with Gasteiger partial charge in [-0.2, -0.15) is 0 Å². The zero-order valence-electron chi connectivity index (χ0n) is 25.0. The molecule has 0 aliphatic rings. The smallest absolute Gasteiger partial charge is 0.434 e. The number of benzene rings is 2. The first-order chi connectivity index (χ1) is 19.5. The van der Waals surface area contributed by atoms with Crippen molar-refractivity contribution in [2.45, 2.75) is 117 Å². The Kier molecular flexibility index (Phi) is 20.1. The van der Waals surface area contributed by atoms with Gasteiger partial charge in [0.1, 0.15) is 0 Å². The minimum Gasteiger partial charge on any atom is -0.434 e. The summed E-state index contributed by atoms with van der Waals surface area (Å²) in [6.07, 6.45) is 18.9. The van der Waals surface area contributed by atoms with E-state index < -0.39 is 6.16 Å². The fourth-order valence-electron chi connectivity index (χ4n) is 5.24. The van der Waals surface area contributed by atoms with E-state index in [1.165, 1.54) is 95.3 Å². The molecule has 0 amide bonds. The molecule has 2 atom stereocenters. The lowest BCUT2D eigenvalue weighted by atomic mass is 9.94. The van der Waals surface area contributed by atoms with Crippen molar-refractivity contribution in [3.05, 3.63) is 66.8 Å². The van der Waals surface area contributed by atoms with Gasteiger partial charge in [0.15, 0.2) is 0 Å². The van der Waals surface area contributed by atoms with E-state index in [1.54, 1.807) is 0 Å². The van der Waals surface area contributed by atoms with Crippen molar-refractivity contribution in [3.63, 3.8) is 0 Å². The summed E-state index contributed by atoms with van der Waals surface area (Å²) in [6.45, 7) is 5.37. The maximum atomic E-state index is 12.7. The number of unbranched alkanes of at least 4 members (excludes halogenated alkanes) is 10. The second-order valence-corrected chi connectivity index (χ2v) is 13.9. The van der Waals surface area contributed by atoms with Crippen LogP contribution in [0.1, 0.15) is 115 Å². The summed E-state index contributed by atoms with van der Waals surface area (Å²) in [7, 11) is 0. The largest absolute Gasteiger partial charge is 0.508 e. The van der Waals surface area contributed by atoms with Gasteiger partial charge in [-0.05, 0) is 118 Å². The van der Waals surface area contributed by atoms with E-state index in [1.807, 2.05) is 0 Å². The van der Waals surface area contributed by atoms with Gasteiger partial charge in [-0.1, -0.05) is 115 Å². The monoisotopic (exact) mass is 774 g/mol. The Morgan fingerprint density at radius 2 is 0.925 bits per heavy atom. The molecule has 2 aromatic rings. The Morgan fingerprint density at radius 3 is 1.30 bits per heavy atom. The highest BCUT2D eigenvalue weighted by Crippen LogP contribution is 2.21. The number of hydrogen-bond donors (Lipinski definition) is 0. The van der Waals surface area contributed by atoms with Crippen molar-refractivity contribution >= 4 is 51.3 Å². The van der Waals surface area contributed by atoms with Crippen molar-refractivity contribution in [1.82, 2.24) is 0 Å². The van der Waals surface area contributed by atoms with Crippen LogP contribution in [0, 0.1) is 19.0 Å². The summed E-state index contributed by atoms with van der Waals surface area (Å²) >= 11 is 4.69. The predicted octanol–water partition coefficient (Wildman–Crippen LogP) is 11.6. The number of rotatable bonds is 22. The van der Waals surface area contributed by atoms with Gasteiger partial charge in [0.25, 0.3) is 0 Å². The molecule has 0 fully saturated rings. The third-order valence-electron chi connectivity index (χ3n) is 7.68. The number of ether oxygens (including phenoxy) is 2. The lowest BCUT2D eigenvalue weighted by Crippen LogP contribution is -2.21. The molecule has 0 saturated carbocycles. The van der Waals surface area contributed by atoms with Crippen LogP contribution < -0.4 is 0 Å². The second-order valence-electron chi connectivity index (χ2n) is 11.4. The minimum atomic E-state index is -0.508. The molecule has 0 radical (unpaired) electrons. The third-order valence-corrected chi connectivity index (χ3v) is 9.12. The quantitative estimate of drug-likeness (QED) is 0.0679. The highest BCUT2D eigenvalue weighted by Gasteiger charge is 2.17. The van der Waals surface area contributed by atoms with Crippen molar-refractivity contribution in [2.24, 2.45) is 11.8 Å². The van der Waals surface area contributed by atoms with E-state index in [9.17, 15) is 4.79 Å². The van der Waals surface area contributed by atoms with Crippen molar-refractivity contribution in [2.75, 3.05) is 13.2 Å². The molecule has 40 heavy (non-hydrogen) atoms. The van der Waals surface area contributed by atoms with Crippen LogP contribution in [-0.4, -0.2) is 19.4 Å². The van der Waals surface area contributed by atoms with Crippen molar-refractivity contribution < 1.29 is 14.3 Å². The van der Waals surface area contributed by atoms with Crippen LogP contribution in [0.2, 0.25) is 0 Å². The van der Waals surface area contributed by atoms with Crippen LogP contribution in [0.5, 0.6) is 0 Å². The van der Waals surface area contributed by atoms with Gasteiger partial charge in [0.05, 0.1) is 13.2 Å². The van der Waals surface area contributed by atoms with E-state index in [-0.39, 0.29) is 0 Å². The first kappa shape index (κ1) is 35.4. The fraction of sp³-hybridized carbons (Fsp3) is 0.629. The van der Waals surface area contributed by atoms with Crippen molar-refractivity contribution in [3.8, 4) is 0 Å². The summed E-state index contributed by atoms with van der Waals surface area (Å²) in [5.41, 5.74) is 2.62. The third kappa shape index (κ3) is 17.2. The number of hydrogen-bond acceptors (Lipinski definition) is 3. The van der Waals surface area contributed by atoms with Gasteiger partial charge in [-0.3, -0.25) is 0 Å². The van der Waals surface area contributed by atoms with E-state index in [2.05, 4.69) is 108 Å². The molecule has 0 saturated heterocycles. The molecular formula is C35H52I2O3. The molecule has 0 aliphatic carbocycles. The molecule has 224 valence electrons. The van der Waals surface area contributed by atoms with Gasteiger partial charge in [-0.25, -0.2) is 4.79 Å². The highest BCUT2D eigenvalue weighted by molar-refractivity contribution is 14.1. The lowest BCUT2D eigenvalue weighted by Gasteiger charge is -2.19. The summed E-state index contributed by atoms with van der Waals surface area (Å²) in [6, 6.07) is 17.4. The zero-order chi connectivity index (χ0) is 28.8. The average molecular weight is 775 g/mol. The van der Waals surface area contributed by atoms with E-state index in [0.29, 0.717) is 25.0 Å². The maximum Gasteiger partial charge on any atom is 0.508 e. The number of halogens is 2. The number of carbonyl (C=O) groups excluding carboxylic acids is 1. The Labute approximate surface area is 272 Å². The molecule has 2 aromatic carbocycles. The zero-order valence-corrected chi connectivity index (χ0v) is 29.3. The molecule has 0 spiro atoms. The Hall–Kier alpha value is -0.830. The van der Waals surface area contributed by atoms with E-state index in [0.717, 1.165) is 25.7 Å². The van der Waals surface area contributed by atoms with Crippen molar-refractivity contribution in [1.29, 1.82) is 0 Å². The molecule has 3 nitrogen and oxygen atoms in total. The molecule has 0 aliphatic heterocycles. The Bertz CT molecular complexity index is 824. The predicted molar refractivity (Wildman–Crippen MR) is 186 cm³/mol. The molecular weight excluding hydrogens is 722 g/mol. The summed E-state index contributed by atoms with van der Waals surface area (Å²) in [5.74, 6) is 0.647. The van der Waals surface area contributed by atoms with Gasteiger partial charge >= 0.3 is 6.16 Å². The fourth-order valence-corrected chi connectivity index (χ4v) is 5.96. The van der Waals surface area contributed by atoms with Gasteiger partial charge in [-0.15, -0.1) is 0 Å². The number of carbonyl (C=O) groups is 1. The maximum absolute atomic E-state index is 12.7. The highest BCUT2D eigenvalue weighted by atomic mass is 127. The van der Waals surface area contributed by atoms with Crippen LogP contribution in [0.4, 0.5) is 4.79 Å². The SMILES string of the molecule is CCCCCCCCC(COC(=O)OCC(CCCCCCCC)Cc1ccc(I)cc1)Cc1ccc(I)cc1. The Morgan fingerprint density at radius 1 is 0.575 bits per heavy atom. The first-order valence-electron chi connectivity index (χ1n) is 15.8. The summed E-state index contributed by atoms with van der Waals surface area (Å²) in [4.78, 5) is 12.7. The molecule has 0 aromatic heterocycles. The van der Waals surface area contributed by atoms with E-state index >= 15 is 0 Å². The van der Waals surface area contributed by atoms with Crippen LogP contribution in [0.15, 0.2) is 48.5 Å². The standard InChI is InChI=1S/C35H52I2O3/c1-3-5-7-9-11-13-15-31(25-29-17-21-33(36)22-18-29)27-39-35(38)40-28-32(16-14-12-10-8-6-4-2)26-30-19-23-34(37)24-20-30/h17-24,31-32H,3-16,25-28H2,1-2H3. The first-order valence-corrected chi connectivity index (χ1v) is 17.9. The van der Waals surface area contributed by atoms with Gasteiger partial charge < -0.3 is 9.47 Å². The molecule has 0 heterocycles. The average Bonchev–Trinajstić information content (AvgIpc) is 2.96. The minimum absolute atomic E-state index is 0.324. The van der Waals surface area contributed by atoms with Gasteiger partial charge in [0.2, 0.25) is 0 Å². The molecule has 2 rings (SSSR count). The van der Waals surface area contributed by atoms with Crippen LogP contribution in [0.25, 0.3) is 0 Å². The van der Waals surface area contributed by atoms with Gasteiger partial charge in [0, 0.05) is 7.14 Å². The molecule has 0 N–H and O–H groups in total. The van der Waals surface area contributed by atoms with Crippen LogP contribution >= 0.6 is 45.2 Å². The summed E-state index contributed by atoms with van der Waals surface area (Å²) in [5, 5.41) is 0. The van der Waals surface area contributed by atoms with Crippen LogP contribution in [0.3, 0.4) is 0 Å².